The number of rotatable bonds is 12. The van der Waals surface area contributed by atoms with Crippen LogP contribution in [0, 0.1) is 24.7 Å². The van der Waals surface area contributed by atoms with E-state index < -0.39 is 22.0 Å². The Morgan fingerprint density at radius 3 is 2.05 bits per heavy atom. The lowest BCUT2D eigenvalue weighted by Crippen LogP contribution is -2.51. The maximum Gasteiger partial charge on any atom is 0.244 e. The van der Waals surface area contributed by atoms with Gasteiger partial charge in [-0.05, 0) is 105 Å². The summed E-state index contributed by atoms with van der Waals surface area (Å²) in [4.78, 5) is 28.4. The van der Waals surface area contributed by atoms with Crippen LogP contribution in [0.3, 0.4) is 0 Å². The Morgan fingerprint density at radius 1 is 0.952 bits per heavy atom. The van der Waals surface area contributed by atoms with Crippen LogP contribution in [-0.4, -0.2) is 50.5 Å². The van der Waals surface area contributed by atoms with Crippen molar-refractivity contribution in [3.63, 3.8) is 0 Å². The normalized spacial score (nSPS) is 25.2. The second kappa shape index (κ2) is 12.4. The summed E-state index contributed by atoms with van der Waals surface area (Å²) in [5.74, 6) is 1.81. The van der Waals surface area contributed by atoms with Crippen molar-refractivity contribution in [3.8, 4) is 0 Å². The Labute approximate surface area is 252 Å². The Kier molecular flexibility index (Phi) is 9.02. The van der Waals surface area contributed by atoms with Gasteiger partial charge in [0, 0.05) is 13.1 Å². The second-order valence-corrected chi connectivity index (χ2v) is 15.2. The molecule has 4 bridgehead atoms. The predicted molar refractivity (Wildman–Crippen MR) is 168 cm³/mol. The summed E-state index contributed by atoms with van der Waals surface area (Å²) >= 11 is 0. The number of hydrogen-bond donors (Lipinski definition) is 1. The number of nitrogens with one attached hydrogen (secondary N) is 1. The molecular formula is C34H47N3O4S. The highest BCUT2D eigenvalue weighted by atomic mass is 32.2. The number of aryl methyl sites for hydroxylation is 1. The summed E-state index contributed by atoms with van der Waals surface area (Å²) < 4.78 is 27.3. The molecule has 2 aromatic carbocycles. The third-order valence-electron chi connectivity index (χ3n) is 9.96. The highest BCUT2D eigenvalue weighted by Crippen LogP contribution is 2.60. The van der Waals surface area contributed by atoms with Crippen molar-refractivity contribution in [2.75, 3.05) is 23.7 Å². The molecule has 0 radical (unpaired) electrons. The van der Waals surface area contributed by atoms with Gasteiger partial charge in [-0.3, -0.25) is 13.9 Å². The summed E-state index contributed by atoms with van der Waals surface area (Å²) in [7, 11) is -3.76. The van der Waals surface area contributed by atoms with Gasteiger partial charge in [0.2, 0.25) is 21.8 Å². The Hall–Kier alpha value is -2.87. The first-order valence-electron chi connectivity index (χ1n) is 15.7. The van der Waals surface area contributed by atoms with Crippen molar-refractivity contribution < 1.29 is 18.0 Å². The molecule has 2 amide bonds. The monoisotopic (exact) mass is 593 g/mol. The first-order valence-corrected chi connectivity index (χ1v) is 17.5. The lowest BCUT2D eigenvalue weighted by atomic mass is 9.48. The first kappa shape index (κ1) is 30.6. The maximum atomic E-state index is 13.9. The molecule has 1 atom stereocenters. The minimum atomic E-state index is -3.76. The minimum Gasteiger partial charge on any atom is -0.354 e. The summed E-state index contributed by atoms with van der Waals surface area (Å²) in [6, 6.07) is 15.0. The van der Waals surface area contributed by atoms with Crippen molar-refractivity contribution in [2.45, 2.75) is 90.1 Å². The molecule has 7 nitrogen and oxygen atoms in total. The van der Waals surface area contributed by atoms with Gasteiger partial charge in [0.15, 0.2) is 0 Å². The van der Waals surface area contributed by atoms with Crippen LogP contribution in [0.1, 0.15) is 81.9 Å². The molecule has 4 aliphatic rings. The van der Waals surface area contributed by atoms with Gasteiger partial charge in [-0.15, -0.1) is 0 Å². The molecule has 0 aromatic heterocycles. The lowest BCUT2D eigenvalue weighted by molar-refractivity contribution is -0.139. The number of nitrogens with zero attached hydrogens (tertiary/aromatic N) is 2. The van der Waals surface area contributed by atoms with Crippen LogP contribution in [0.2, 0.25) is 0 Å². The van der Waals surface area contributed by atoms with Gasteiger partial charge in [-0.25, -0.2) is 8.42 Å². The zero-order chi connectivity index (χ0) is 30.1. The standard InChI is InChI=1S/C34H47N3O4S/c1-5-6-15-35-33(39)25(3)36(22-26-9-7-24(2)8-10-26)32(38)23-37(42(4,40)41)31-13-11-30(12-14-31)34-19-27-16-28(20-34)18-29(17-27)21-34/h7-14,25,27-29H,5-6,15-23H2,1-4H3,(H,35,39)/t25-,27?,28?,29?,34?/m0/s1. The van der Waals surface area contributed by atoms with Crippen molar-refractivity contribution in [1.82, 2.24) is 10.2 Å². The average Bonchev–Trinajstić information content (AvgIpc) is 2.94. The molecule has 1 N–H and O–H groups in total. The van der Waals surface area contributed by atoms with Gasteiger partial charge in [0.05, 0.1) is 11.9 Å². The van der Waals surface area contributed by atoms with Gasteiger partial charge in [0.25, 0.3) is 0 Å². The van der Waals surface area contributed by atoms with Gasteiger partial charge in [0.1, 0.15) is 12.6 Å². The van der Waals surface area contributed by atoms with E-state index in [0.717, 1.165) is 48.0 Å². The van der Waals surface area contributed by atoms with Crippen molar-refractivity contribution in [3.05, 3.63) is 65.2 Å². The number of carbonyl (C=O) groups excluding carboxylic acids is 2. The molecule has 4 fully saturated rings. The number of carbonyl (C=O) groups is 2. The zero-order valence-corrected chi connectivity index (χ0v) is 26.5. The van der Waals surface area contributed by atoms with Crippen LogP contribution in [0.4, 0.5) is 5.69 Å². The fourth-order valence-corrected chi connectivity index (χ4v) is 8.92. The fourth-order valence-electron chi connectivity index (χ4n) is 8.07. The number of benzene rings is 2. The molecule has 4 saturated carbocycles. The highest BCUT2D eigenvalue weighted by Gasteiger charge is 2.51. The number of anilines is 1. The summed E-state index contributed by atoms with van der Waals surface area (Å²) in [6.07, 6.45) is 10.8. The number of hydrogen-bond acceptors (Lipinski definition) is 4. The molecule has 6 rings (SSSR count). The average molecular weight is 594 g/mol. The summed E-state index contributed by atoms with van der Waals surface area (Å²) in [5, 5.41) is 2.92. The lowest BCUT2D eigenvalue weighted by Gasteiger charge is -2.57. The molecule has 0 heterocycles. The summed E-state index contributed by atoms with van der Waals surface area (Å²) in [5.41, 5.74) is 3.98. The third-order valence-corrected chi connectivity index (χ3v) is 11.1. The van der Waals surface area contributed by atoms with Gasteiger partial charge >= 0.3 is 0 Å². The van der Waals surface area contributed by atoms with Gasteiger partial charge in [-0.2, -0.15) is 0 Å². The Balaban J connectivity index is 1.36. The minimum absolute atomic E-state index is 0.212. The largest absolute Gasteiger partial charge is 0.354 e. The SMILES string of the molecule is CCCCNC(=O)[C@H](C)N(Cc1ccc(C)cc1)C(=O)CN(c1ccc(C23CC4CC(CC(C4)C2)C3)cc1)S(C)(=O)=O. The van der Waals surface area contributed by atoms with E-state index >= 15 is 0 Å². The van der Waals surface area contributed by atoms with Gasteiger partial charge < -0.3 is 10.2 Å². The Bertz CT molecular complexity index is 1340. The number of unbranched alkanes of at least 4 members (excludes halogenated alkanes) is 1. The number of sulfonamides is 1. The topological polar surface area (TPSA) is 86.8 Å². The van der Waals surface area contributed by atoms with Gasteiger partial charge in [-0.1, -0.05) is 55.3 Å². The maximum absolute atomic E-state index is 13.9. The summed E-state index contributed by atoms with van der Waals surface area (Å²) in [6.45, 7) is 6.14. The molecule has 4 aliphatic carbocycles. The van der Waals surface area contributed by atoms with Crippen LogP contribution in [-0.2, 0) is 31.6 Å². The van der Waals surface area contributed by atoms with Crippen molar-refractivity contribution in [2.24, 2.45) is 17.8 Å². The van der Waals surface area contributed by atoms with Crippen LogP contribution < -0.4 is 9.62 Å². The molecule has 2 aromatic rings. The molecule has 8 heteroatoms. The molecule has 42 heavy (non-hydrogen) atoms. The van der Waals surface area contributed by atoms with E-state index in [-0.39, 0.29) is 24.4 Å². The van der Waals surface area contributed by atoms with Crippen LogP contribution in [0.5, 0.6) is 0 Å². The van der Waals surface area contributed by atoms with E-state index in [0.29, 0.717) is 12.2 Å². The smallest absolute Gasteiger partial charge is 0.244 e. The van der Waals surface area contributed by atoms with Crippen molar-refractivity contribution in [1.29, 1.82) is 0 Å². The predicted octanol–water partition coefficient (Wildman–Crippen LogP) is 5.56. The van der Waals surface area contributed by atoms with E-state index in [1.165, 1.54) is 53.3 Å². The Morgan fingerprint density at radius 2 is 1.52 bits per heavy atom. The molecule has 0 saturated heterocycles. The zero-order valence-electron chi connectivity index (χ0n) is 25.6. The molecule has 0 spiro atoms. The quantitative estimate of drug-likeness (QED) is 0.327. The third kappa shape index (κ3) is 6.69. The van der Waals surface area contributed by atoms with E-state index in [9.17, 15) is 18.0 Å². The fraction of sp³-hybridized carbons (Fsp3) is 0.588. The molecule has 0 unspecified atom stereocenters. The molecule has 0 aliphatic heterocycles. The number of amides is 2. The second-order valence-electron chi connectivity index (χ2n) is 13.3. The van der Waals surface area contributed by atoms with Crippen LogP contribution in [0.15, 0.2) is 48.5 Å². The molecule has 228 valence electrons. The van der Waals surface area contributed by atoms with Crippen molar-refractivity contribution >= 4 is 27.5 Å². The van der Waals surface area contributed by atoms with E-state index in [2.05, 4.69) is 24.4 Å². The highest BCUT2D eigenvalue weighted by molar-refractivity contribution is 7.92. The van der Waals surface area contributed by atoms with Crippen LogP contribution >= 0.6 is 0 Å². The first-order chi connectivity index (χ1) is 20.0. The van der Waals surface area contributed by atoms with E-state index in [4.69, 9.17) is 0 Å². The van der Waals surface area contributed by atoms with E-state index in [1.807, 2.05) is 43.3 Å². The van der Waals surface area contributed by atoms with Crippen LogP contribution in [0.25, 0.3) is 0 Å². The van der Waals surface area contributed by atoms with E-state index in [1.54, 1.807) is 6.92 Å². The molecular weight excluding hydrogens is 546 g/mol.